The molecule has 4 rings (SSSR count). The first-order chi connectivity index (χ1) is 18.9. The number of aliphatic imine (C=N–C) groups is 1. The number of rotatable bonds is 8. The number of nitrogens with zero attached hydrogens (tertiary/aromatic N) is 6. The fourth-order valence-corrected chi connectivity index (χ4v) is 4.49. The topological polar surface area (TPSA) is 122 Å². The third kappa shape index (κ3) is 7.44. The molecule has 3 atom stereocenters. The minimum absolute atomic E-state index is 0.00668. The van der Waals surface area contributed by atoms with E-state index in [1.165, 1.54) is 0 Å². The van der Waals surface area contributed by atoms with E-state index < -0.39 is 41.5 Å². The summed E-state index contributed by atoms with van der Waals surface area (Å²) in [4.78, 5) is 39.4. The first-order valence-corrected chi connectivity index (χ1v) is 12.5. The van der Waals surface area contributed by atoms with Gasteiger partial charge in [-0.1, -0.05) is 0 Å². The lowest BCUT2D eigenvalue weighted by Crippen LogP contribution is -2.49. The molecule has 2 amide bonds. The van der Waals surface area contributed by atoms with Gasteiger partial charge in [-0.15, -0.1) is 0 Å². The van der Waals surface area contributed by atoms with Crippen molar-refractivity contribution in [2.45, 2.75) is 31.2 Å². The van der Waals surface area contributed by atoms with Crippen molar-refractivity contribution in [2.75, 3.05) is 57.5 Å². The van der Waals surface area contributed by atoms with Gasteiger partial charge in [0, 0.05) is 51.1 Å². The van der Waals surface area contributed by atoms with Gasteiger partial charge >= 0.3 is 12.4 Å². The fourth-order valence-electron chi connectivity index (χ4n) is 4.49. The zero-order valence-electron chi connectivity index (χ0n) is 21.1. The number of hydrogen-bond acceptors (Lipinski definition) is 9. The van der Waals surface area contributed by atoms with E-state index in [4.69, 9.17) is 9.47 Å². The Kier molecular flexibility index (Phi) is 9.22. The van der Waals surface area contributed by atoms with Crippen molar-refractivity contribution in [1.29, 1.82) is 0 Å². The van der Waals surface area contributed by atoms with Crippen LogP contribution in [-0.4, -0.2) is 103 Å². The number of ether oxygens (including phenoxy) is 2. The molecule has 1 aromatic heterocycles. The molecule has 0 spiro atoms. The third-order valence-corrected chi connectivity index (χ3v) is 6.71. The standard InChI is InChI=1S/C23H27F6N7O4/c24-22(25,26)15-9-30-21(31-10-15)36-5-3-35(4-6-36)18(37)2-8-40-13-17(14-1-7-39-12-14)33-16-11-32-34-20(38)19(16)23(27,28)29/h9-11,14,17,19H,1-8,12-13H2,(H,34,38)/t14-,17+,19?/m1/s1. The van der Waals surface area contributed by atoms with Gasteiger partial charge in [-0.2, -0.15) is 31.4 Å². The molecule has 220 valence electrons. The Morgan fingerprint density at radius 3 is 2.45 bits per heavy atom. The van der Waals surface area contributed by atoms with Crippen LogP contribution >= 0.6 is 0 Å². The highest BCUT2D eigenvalue weighted by Gasteiger charge is 2.49. The highest BCUT2D eigenvalue weighted by atomic mass is 19.4. The van der Waals surface area contributed by atoms with Gasteiger partial charge < -0.3 is 19.3 Å². The van der Waals surface area contributed by atoms with Crippen molar-refractivity contribution in [3.63, 3.8) is 0 Å². The number of halogens is 6. The number of hydrazone groups is 1. The van der Waals surface area contributed by atoms with Gasteiger partial charge in [0.05, 0.1) is 49.8 Å². The van der Waals surface area contributed by atoms with E-state index in [0.29, 0.717) is 51.6 Å². The zero-order chi connectivity index (χ0) is 28.9. The molecule has 2 fully saturated rings. The monoisotopic (exact) mass is 579 g/mol. The lowest BCUT2D eigenvalue weighted by Gasteiger charge is -2.34. The molecule has 17 heteroatoms. The molecule has 0 saturated carbocycles. The second-order valence-electron chi connectivity index (χ2n) is 9.42. The van der Waals surface area contributed by atoms with Crippen LogP contribution in [0.1, 0.15) is 18.4 Å². The quantitative estimate of drug-likeness (QED) is 0.368. The van der Waals surface area contributed by atoms with Gasteiger partial charge in [0.15, 0.2) is 5.92 Å². The lowest BCUT2D eigenvalue weighted by molar-refractivity contribution is -0.168. The number of aromatic nitrogens is 2. The average molecular weight is 580 g/mol. The average Bonchev–Trinajstić information content (AvgIpc) is 3.44. The third-order valence-electron chi connectivity index (χ3n) is 6.71. The Morgan fingerprint density at radius 1 is 1.15 bits per heavy atom. The SMILES string of the molecule is O=C1NN=CC(=N[C@@H](COCCC(=O)N2CCN(c3ncc(C(F)(F)F)cn3)CC2)[C@@H]2CCOC2)C1C(F)(F)F. The van der Waals surface area contributed by atoms with Gasteiger partial charge in [0.2, 0.25) is 11.9 Å². The van der Waals surface area contributed by atoms with Crippen LogP contribution in [0.3, 0.4) is 0 Å². The number of alkyl halides is 6. The largest absolute Gasteiger partial charge is 0.419 e. The van der Waals surface area contributed by atoms with E-state index in [1.807, 2.05) is 5.43 Å². The maximum Gasteiger partial charge on any atom is 0.419 e. The first-order valence-electron chi connectivity index (χ1n) is 12.5. The summed E-state index contributed by atoms with van der Waals surface area (Å²) in [5, 5.41) is 3.46. The van der Waals surface area contributed by atoms with E-state index in [0.717, 1.165) is 6.21 Å². The lowest BCUT2D eigenvalue weighted by atomic mass is 9.97. The summed E-state index contributed by atoms with van der Waals surface area (Å²) in [6.07, 6.45) is -6.51. The Morgan fingerprint density at radius 2 is 1.85 bits per heavy atom. The summed E-state index contributed by atoms with van der Waals surface area (Å²) in [7, 11) is 0. The van der Waals surface area contributed by atoms with Crippen molar-refractivity contribution in [1.82, 2.24) is 20.3 Å². The molecule has 11 nitrogen and oxygen atoms in total. The van der Waals surface area contributed by atoms with Gasteiger partial charge in [0.25, 0.3) is 5.91 Å². The molecule has 3 aliphatic heterocycles. The van der Waals surface area contributed by atoms with Crippen LogP contribution in [-0.2, 0) is 25.2 Å². The first kappa shape index (κ1) is 29.6. The van der Waals surface area contributed by atoms with Crippen molar-refractivity contribution >= 4 is 29.7 Å². The summed E-state index contributed by atoms with van der Waals surface area (Å²) in [6, 6.07) is -0.734. The van der Waals surface area contributed by atoms with Crippen LogP contribution in [0, 0.1) is 11.8 Å². The van der Waals surface area contributed by atoms with Crippen LogP contribution in [0.4, 0.5) is 32.3 Å². The maximum atomic E-state index is 13.5. The molecular weight excluding hydrogens is 552 g/mol. The Hall–Kier alpha value is -3.34. The van der Waals surface area contributed by atoms with Crippen LogP contribution in [0.15, 0.2) is 22.5 Å². The molecule has 4 heterocycles. The number of carbonyl (C=O) groups is 2. The number of carbonyl (C=O) groups excluding carboxylic acids is 2. The molecule has 0 radical (unpaired) electrons. The molecular formula is C23H27F6N7O4. The molecule has 1 unspecified atom stereocenters. The van der Waals surface area contributed by atoms with E-state index in [9.17, 15) is 35.9 Å². The van der Waals surface area contributed by atoms with Crippen LogP contribution < -0.4 is 10.3 Å². The van der Waals surface area contributed by atoms with Crippen molar-refractivity contribution in [3.05, 3.63) is 18.0 Å². The maximum absolute atomic E-state index is 13.5. The van der Waals surface area contributed by atoms with Crippen molar-refractivity contribution in [2.24, 2.45) is 21.9 Å². The summed E-state index contributed by atoms with van der Waals surface area (Å²) < 4.78 is 89.5. The Labute approximate surface area is 224 Å². The van der Waals surface area contributed by atoms with Crippen molar-refractivity contribution < 1.29 is 45.4 Å². The number of hydrogen-bond donors (Lipinski definition) is 1. The predicted octanol–water partition coefficient (Wildman–Crippen LogP) is 1.69. The van der Waals surface area contributed by atoms with Gasteiger partial charge in [-0.3, -0.25) is 14.6 Å². The summed E-state index contributed by atoms with van der Waals surface area (Å²) in [5.41, 5.74) is 0.349. The molecule has 0 aromatic carbocycles. The van der Waals surface area contributed by atoms with Gasteiger partial charge in [0.1, 0.15) is 0 Å². The summed E-state index contributed by atoms with van der Waals surface area (Å²) in [6.45, 7) is 1.88. The highest BCUT2D eigenvalue weighted by Crippen LogP contribution is 2.30. The van der Waals surface area contributed by atoms with Crippen LogP contribution in [0.2, 0.25) is 0 Å². The molecule has 40 heavy (non-hydrogen) atoms. The Balaban J connectivity index is 1.27. The summed E-state index contributed by atoms with van der Waals surface area (Å²) >= 11 is 0. The number of nitrogens with one attached hydrogen (secondary N) is 1. The van der Waals surface area contributed by atoms with Crippen LogP contribution in [0.25, 0.3) is 0 Å². The zero-order valence-corrected chi connectivity index (χ0v) is 21.1. The number of amides is 2. The molecule has 3 aliphatic rings. The number of anilines is 1. The normalized spacial score (nSPS) is 23.9. The second kappa shape index (κ2) is 12.4. The molecule has 2 saturated heterocycles. The van der Waals surface area contributed by atoms with E-state index >= 15 is 0 Å². The predicted molar refractivity (Wildman–Crippen MR) is 128 cm³/mol. The Bertz CT molecular complexity index is 1100. The minimum Gasteiger partial charge on any atom is -0.381 e. The fraction of sp³-hybridized carbons (Fsp3) is 0.652. The minimum atomic E-state index is -4.85. The molecule has 0 aliphatic carbocycles. The molecule has 0 bridgehead atoms. The smallest absolute Gasteiger partial charge is 0.381 e. The van der Waals surface area contributed by atoms with Crippen molar-refractivity contribution in [3.8, 4) is 0 Å². The summed E-state index contributed by atoms with van der Waals surface area (Å²) in [5.74, 6) is -4.06. The highest BCUT2D eigenvalue weighted by molar-refractivity contribution is 6.37. The number of piperazine rings is 1. The van der Waals surface area contributed by atoms with Gasteiger partial charge in [-0.25, -0.2) is 15.4 Å². The molecule has 1 aromatic rings. The van der Waals surface area contributed by atoms with Crippen LogP contribution in [0.5, 0.6) is 0 Å². The van der Waals surface area contributed by atoms with E-state index in [2.05, 4.69) is 20.1 Å². The second-order valence-corrected chi connectivity index (χ2v) is 9.42. The molecule has 1 N–H and O–H groups in total. The van der Waals surface area contributed by atoms with E-state index in [1.54, 1.807) is 9.80 Å². The van der Waals surface area contributed by atoms with E-state index in [-0.39, 0.29) is 44.0 Å². The van der Waals surface area contributed by atoms with Gasteiger partial charge in [-0.05, 0) is 6.42 Å².